The molecule has 0 rings (SSSR count). The average Bonchev–Trinajstić information content (AvgIpc) is 1.96. The zero-order valence-corrected chi connectivity index (χ0v) is 9.02. The van der Waals surface area contributed by atoms with Crippen molar-refractivity contribution in [3.8, 4) is 0 Å². The molecular formula is C11H21N. The molecule has 1 heteroatoms. The minimum absolute atomic E-state index is 0.413. The van der Waals surface area contributed by atoms with Crippen molar-refractivity contribution in [2.75, 3.05) is 0 Å². The standard InChI is InChI=1S/C11H21N/c1-6-7-11(9(2)3)8-12-10(4)5/h8,10H,6-7H2,1-5H3/b12-8-. The smallest absolute Gasteiger partial charge is 0.0443 e. The summed E-state index contributed by atoms with van der Waals surface area (Å²) in [5.74, 6) is 0. The highest BCUT2D eigenvalue weighted by Crippen LogP contribution is 2.08. The zero-order chi connectivity index (χ0) is 9.56. The van der Waals surface area contributed by atoms with Gasteiger partial charge in [0.05, 0.1) is 0 Å². The van der Waals surface area contributed by atoms with Crippen molar-refractivity contribution in [2.24, 2.45) is 4.99 Å². The quantitative estimate of drug-likeness (QED) is 0.567. The molecule has 0 heterocycles. The first-order valence-electron chi connectivity index (χ1n) is 4.77. The molecule has 0 aliphatic rings. The topological polar surface area (TPSA) is 12.4 Å². The molecule has 0 aliphatic carbocycles. The van der Waals surface area contributed by atoms with E-state index in [1.54, 1.807) is 0 Å². The summed E-state index contributed by atoms with van der Waals surface area (Å²) in [7, 11) is 0. The van der Waals surface area contributed by atoms with Crippen LogP contribution in [0.5, 0.6) is 0 Å². The largest absolute Gasteiger partial charge is 0.290 e. The normalized spacial score (nSPS) is 11.2. The van der Waals surface area contributed by atoms with Crippen molar-refractivity contribution in [3.05, 3.63) is 11.1 Å². The fourth-order valence-corrected chi connectivity index (χ4v) is 0.952. The minimum Gasteiger partial charge on any atom is -0.290 e. The van der Waals surface area contributed by atoms with E-state index in [9.17, 15) is 0 Å². The third-order valence-corrected chi connectivity index (χ3v) is 1.69. The van der Waals surface area contributed by atoms with E-state index < -0.39 is 0 Å². The molecule has 0 atom stereocenters. The van der Waals surface area contributed by atoms with E-state index in [-0.39, 0.29) is 0 Å². The Morgan fingerprint density at radius 3 is 2.25 bits per heavy atom. The molecule has 0 saturated carbocycles. The van der Waals surface area contributed by atoms with Gasteiger partial charge in [-0.25, -0.2) is 0 Å². The first-order chi connectivity index (χ1) is 5.57. The van der Waals surface area contributed by atoms with E-state index in [1.165, 1.54) is 17.6 Å². The molecule has 0 radical (unpaired) electrons. The summed E-state index contributed by atoms with van der Waals surface area (Å²) in [6, 6.07) is 0.413. The van der Waals surface area contributed by atoms with Crippen molar-refractivity contribution in [1.29, 1.82) is 0 Å². The van der Waals surface area contributed by atoms with Crippen molar-refractivity contribution in [3.63, 3.8) is 0 Å². The summed E-state index contributed by atoms with van der Waals surface area (Å²) in [5, 5.41) is 0. The summed E-state index contributed by atoms with van der Waals surface area (Å²) >= 11 is 0. The number of nitrogens with zero attached hydrogens (tertiary/aromatic N) is 1. The number of rotatable bonds is 4. The molecule has 0 saturated heterocycles. The van der Waals surface area contributed by atoms with Crippen molar-refractivity contribution < 1.29 is 0 Å². The Labute approximate surface area is 76.6 Å². The second-order valence-corrected chi connectivity index (χ2v) is 3.65. The van der Waals surface area contributed by atoms with E-state index in [1.807, 2.05) is 6.21 Å². The highest BCUT2D eigenvalue weighted by molar-refractivity contribution is 5.79. The molecule has 0 aromatic heterocycles. The lowest BCUT2D eigenvalue weighted by Crippen LogP contribution is -1.93. The number of allylic oxidation sites excluding steroid dienone is 2. The molecule has 70 valence electrons. The predicted octanol–water partition coefficient (Wildman–Crippen LogP) is 3.60. The van der Waals surface area contributed by atoms with Crippen molar-refractivity contribution in [1.82, 2.24) is 0 Å². The molecule has 0 fully saturated rings. The highest BCUT2D eigenvalue weighted by atomic mass is 14.7. The van der Waals surface area contributed by atoms with Gasteiger partial charge >= 0.3 is 0 Å². The Hall–Kier alpha value is -0.590. The van der Waals surface area contributed by atoms with Crippen LogP contribution in [0.1, 0.15) is 47.5 Å². The van der Waals surface area contributed by atoms with Gasteiger partial charge in [0.15, 0.2) is 0 Å². The van der Waals surface area contributed by atoms with E-state index in [0.29, 0.717) is 6.04 Å². The van der Waals surface area contributed by atoms with Gasteiger partial charge in [-0.15, -0.1) is 0 Å². The predicted molar refractivity (Wildman–Crippen MR) is 56.9 cm³/mol. The Morgan fingerprint density at radius 2 is 1.92 bits per heavy atom. The van der Waals surface area contributed by atoms with Crippen LogP contribution in [0.15, 0.2) is 16.1 Å². The van der Waals surface area contributed by atoms with Crippen LogP contribution in [0.4, 0.5) is 0 Å². The molecule has 0 bridgehead atoms. The number of hydrogen-bond acceptors (Lipinski definition) is 1. The van der Waals surface area contributed by atoms with Gasteiger partial charge < -0.3 is 0 Å². The van der Waals surface area contributed by atoms with Crippen LogP contribution in [0.2, 0.25) is 0 Å². The van der Waals surface area contributed by atoms with Crippen LogP contribution >= 0.6 is 0 Å². The maximum atomic E-state index is 4.38. The fourth-order valence-electron chi connectivity index (χ4n) is 0.952. The van der Waals surface area contributed by atoms with Gasteiger partial charge in [0.2, 0.25) is 0 Å². The molecule has 0 spiro atoms. The average molecular weight is 167 g/mol. The Morgan fingerprint density at radius 1 is 1.33 bits per heavy atom. The summed E-state index contributed by atoms with van der Waals surface area (Å²) in [6.07, 6.45) is 4.38. The van der Waals surface area contributed by atoms with E-state index in [0.717, 1.165) is 6.42 Å². The molecule has 0 amide bonds. The van der Waals surface area contributed by atoms with Crippen molar-refractivity contribution in [2.45, 2.75) is 53.5 Å². The Bertz CT molecular complexity index is 171. The van der Waals surface area contributed by atoms with Gasteiger partial charge in [0.25, 0.3) is 0 Å². The van der Waals surface area contributed by atoms with Crippen molar-refractivity contribution >= 4 is 6.21 Å². The third kappa shape index (κ3) is 5.11. The monoisotopic (exact) mass is 167 g/mol. The van der Waals surface area contributed by atoms with E-state index in [4.69, 9.17) is 0 Å². The molecule has 0 aromatic rings. The Kier molecular flexibility index (Phi) is 5.69. The van der Waals surface area contributed by atoms with Gasteiger partial charge in [-0.2, -0.15) is 0 Å². The minimum atomic E-state index is 0.413. The maximum Gasteiger partial charge on any atom is 0.0443 e. The Balaban J connectivity index is 4.25. The van der Waals surface area contributed by atoms with E-state index in [2.05, 4.69) is 39.6 Å². The highest BCUT2D eigenvalue weighted by Gasteiger charge is 1.94. The van der Waals surface area contributed by atoms with E-state index >= 15 is 0 Å². The molecule has 0 aromatic carbocycles. The molecule has 12 heavy (non-hydrogen) atoms. The van der Waals surface area contributed by atoms with Crippen LogP contribution in [0.3, 0.4) is 0 Å². The van der Waals surface area contributed by atoms with Crippen LogP contribution in [-0.2, 0) is 0 Å². The third-order valence-electron chi connectivity index (χ3n) is 1.69. The summed E-state index contributed by atoms with van der Waals surface area (Å²) in [5.41, 5.74) is 2.78. The first kappa shape index (κ1) is 11.4. The molecule has 0 aliphatic heterocycles. The SMILES string of the molecule is CCCC(/C=N\C(C)C)=C(C)C. The van der Waals surface area contributed by atoms with Crippen LogP contribution in [0, 0.1) is 0 Å². The van der Waals surface area contributed by atoms with Gasteiger partial charge in [-0.05, 0) is 39.7 Å². The maximum absolute atomic E-state index is 4.38. The summed E-state index contributed by atoms with van der Waals surface area (Å²) in [6.45, 7) is 10.7. The van der Waals surface area contributed by atoms with Gasteiger partial charge in [0, 0.05) is 12.3 Å². The molecule has 0 N–H and O–H groups in total. The second kappa shape index (κ2) is 5.99. The van der Waals surface area contributed by atoms with Crippen LogP contribution in [0.25, 0.3) is 0 Å². The number of hydrogen-bond donors (Lipinski definition) is 0. The molecule has 1 nitrogen and oxygen atoms in total. The van der Waals surface area contributed by atoms with Crippen LogP contribution < -0.4 is 0 Å². The van der Waals surface area contributed by atoms with Gasteiger partial charge in [0.1, 0.15) is 0 Å². The lowest BCUT2D eigenvalue weighted by Gasteiger charge is -2.02. The zero-order valence-electron chi connectivity index (χ0n) is 9.02. The first-order valence-corrected chi connectivity index (χ1v) is 4.77. The fraction of sp³-hybridized carbons (Fsp3) is 0.727. The molecule has 0 unspecified atom stereocenters. The lowest BCUT2D eigenvalue weighted by atomic mass is 10.1. The van der Waals surface area contributed by atoms with Crippen LogP contribution in [-0.4, -0.2) is 12.3 Å². The second-order valence-electron chi connectivity index (χ2n) is 3.65. The van der Waals surface area contributed by atoms with Gasteiger partial charge in [-0.1, -0.05) is 18.9 Å². The van der Waals surface area contributed by atoms with Gasteiger partial charge in [-0.3, -0.25) is 4.99 Å². The molecular weight excluding hydrogens is 146 g/mol. The number of aliphatic imine (C=N–C) groups is 1. The summed E-state index contributed by atoms with van der Waals surface area (Å²) in [4.78, 5) is 4.38. The summed E-state index contributed by atoms with van der Waals surface area (Å²) < 4.78 is 0. The lowest BCUT2D eigenvalue weighted by molar-refractivity contribution is 0.836.